The van der Waals surface area contributed by atoms with Gasteiger partial charge in [-0.15, -0.1) is 21.5 Å². The number of esters is 1. The summed E-state index contributed by atoms with van der Waals surface area (Å²) in [5.74, 6) is 0.610. The Morgan fingerprint density at radius 1 is 1.48 bits per heavy atom. The number of methoxy groups -OCH3 is 1. The molecule has 0 radical (unpaired) electrons. The molecule has 23 heavy (non-hydrogen) atoms. The highest BCUT2D eigenvalue weighted by molar-refractivity contribution is 7.99. The number of nitrogens with one attached hydrogen (secondary N) is 1. The van der Waals surface area contributed by atoms with Crippen molar-refractivity contribution in [3.8, 4) is 0 Å². The lowest BCUT2D eigenvalue weighted by Gasteiger charge is -1.99. The summed E-state index contributed by atoms with van der Waals surface area (Å²) in [4.78, 5) is 27.2. The average Bonchev–Trinajstić information content (AvgIpc) is 3.12. The fourth-order valence-electron chi connectivity index (χ4n) is 1.72. The van der Waals surface area contributed by atoms with Crippen LogP contribution in [0.15, 0.2) is 15.0 Å². The molecule has 0 bridgehead atoms. The molecule has 122 valence electrons. The highest BCUT2D eigenvalue weighted by Crippen LogP contribution is 2.39. The number of nitrogens with zero attached hydrogens (tertiary/aromatic N) is 3. The minimum Gasteiger partial charge on any atom is -0.469 e. The van der Waals surface area contributed by atoms with E-state index in [2.05, 4.69) is 25.2 Å². The lowest BCUT2D eigenvalue weighted by molar-refractivity contribution is -0.139. The Kier molecular flexibility index (Phi) is 4.91. The Balaban J connectivity index is 1.45. The maximum Gasteiger partial charge on any atom is 0.311 e. The zero-order chi connectivity index (χ0) is 16.2. The van der Waals surface area contributed by atoms with E-state index in [1.165, 1.54) is 30.2 Å². The van der Waals surface area contributed by atoms with E-state index in [4.69, 9.17) is 4.42 Å². The van der Waals surface area contributed by atoms with Crippen LogP contribution in [0.25, 0.3) is 0 Å². The maximum absolute atomic E-state index is 11.9. The monoisotopic (exact) mass is 354 g/mol. The maximum atomic E-state index is 11.9. The highest BCUT2D eigenvalue weighted by Gasteiger charge is 2.29. The second kappa shape index (κ2) is 7.09. The van der Waals surface area contributed by atoms with E-state index >= 15 is 0 Å². The molecule has 2 aromatic rings. The first kappa shape index (κ1) is 15.9. The van der Waals surface area contributed by atoms with Crippen molar-refractivity contribution in [1.29, 1.82) is 0 Å². The van der Waals surface area contributed by atoms with E-state index in [-0.39, 0.29) is 24.1 Å². The van der Waals surface area contributed by atoms with E-state index in [0.29, 0.717) is 27.9 Å². The Morgan fingerprint density at radius 3 is 3.04 bits per heavy atom. The predicted octanol–water partition coefficient (Wildman–Crippen LogP) is 1.85. The number of amides is 1. The van der Waals surface area contributed by atoms with Gasteiger partial charge in [0, 0.05) is 11.3 Å². The topological polar surface area (TPSA) is 107 Å². The molecule has 0 atom stereocenters. The molecular formula is C13H14N4O4S2. The van der Waals surface area contributed by atoms with Crippen LogP contribution < -0.4 is 5.32 Å². The summed E-state index contributed by atoms with van der Waals surface area (Å²) in [5.41, 5.74) is 0.566. The van der Waals surface area contributed by atoms with Gasteiger partial charge >= 0.3 is 5.97 Å². The van der Waals surface area contributed by atoms with Gasteiger partial charge in [-0.1, -0.05) is 11.8 Å². The van der Waals surface area contributed by atoms with E-state index in [1.807, 2.05) is 0 Å². The van der Waals surface area contributed by atoms with Crippen LogP contribution in [0, 0.1) is 0 Å². The molecule has 8 nitrogen and oxygen atoms in total. The predicted molar refractivity (Wildman–Crippen MR) is 83.5 cm³/mol. The number of thioether (sulfide) groups is 1. The second-order valence-electron chi connectivity index (χ2n) is 4.91. The van der Waals surface area contributed by atoms with Gasteiger partial charge < -0.3 is 14.5 Å². The summed E-state index contributed by atoms with van der Waals surface area (Å²) in [6.07, 6.45) is 2.26. The lowest BCUT2D eigenvalue weighted by Crippen LogP contribution is -2.14. The molecule has 2 heterocycles. The van der Waals surface area contributed by atoms with Crippen molar-refractivity contribution >= 4 is 40.1 Å². The number of hydrogen-bond acceptors (Lipinski definition) is 9. The smallest absolute Gasteiger partial charge is 0.311 e. The molecule has 1 fully saturated rings. The molecule has 0 aliphatic heterocycles. The molecule has 0 aromatic carbocycles. The zero-order valence-corrected chi connectivity index (χ0v) is 13.9. The van der Waals surface area contributed by atoms with Gasteiger partial charge in [0.15, 0.2) is 5.13 Å². The summed E-state index contributed by atoms with van der Waals surface area (Å²) in [6, 6.07) is 0. The zero-order valence-electron chi connectivity index (χ0n) is 12.3. The molecule has 0 saturated heterocycles. The van der Waals surface area contributed by atoms with Gasteiger partial charge in [-0.25, -0.2) is 4.98 Å². The van der Waals surface area contributed by atoms with Crippen LogP contribution in [0.3, 0.4) is 0 Å². The first-order valence-corrected chi connectivity index (χ1v) is 8.78. The third-order valence-corrected chi connectivity index (χ3v) is 4.65. The number of thiazole rings is 1. The number of hydrogen-bond donors (Lipinski definition) is 1. The van der Waals surface area contributed by atoms with Gasteiger partial charge in [-0.2, -0.15) is 0 Å². The first-order valence-electron chi connectivity index (χ1n) is 6.91. The summed E-state index contributed by atoms with van der Waals surface area (Å²) in [5, 5.41) is 13.1. The fourth-order valence-corrected chi connectivity index (χ4v) is 3.02. The number of carbonyl (C=O) groups is 2. The Labute approximate surface area is 140 Å². The summed E-state index contributed by atoms with van der Waals surface area (Å²) >= 11 is 2.44. The van der Waals surface area contributed by atoms with Gasteiger partial charge in [-0.3, -0.25) is 9.59 Å². The van der Waals surface area contributed by atoms with Crippen LogP contribution in [0.5, 0.6) is 0 Å². The van der Waals surface area contributed by atoms with Crippen LogP contribution in [0.1, 0.15) is 30.3 Å². The van der Waals surface area contributed by atoms with Crippen molar-refractivity contribution < 1.29 is 18.7 Å². The van der Waals surface area contributed by atoms with Crippen molar-refractivity contribution in [3.05, 3.63) is 17.0 Å². The van der Waals surface area contributed by atoms with Gasteiger partial charge in [-0.05, 0) is 12.8 Å². The SMILES string of the molecule is COC(=O)Cc1csc(NC(=O)CSc2nnc(C3CC3)o2)n1. The van der Waals surface area contributed by atoms with Crippen LogP contribution in [-0.4, -0.2) is 39.9 Å². The molecule has 1 aliphatic carbocycles. The number of anilines is 1. The molecular weight excluding hydrogens is 340 g/mol. The summed E-state index contributed by atoms with van der Waals surface area (Å²) in [6.45, 7) is 0. The van der Waals surface area contributed by atoms with E-state index in [1.54, 1.807) is 5.38 Å². The molecule has 3 rings (SSSR count). The van der Waals surface area contributed by atoms with E-state index in [0.717, 1.165) is 12.8 Å². The molecule has 1 amide bonds. The number of aromatic nitrogens is 3. The molecule has 1 aliphatic rings. The standard InChI is InChI=1S/C13H14N4O4S2/c1-20-10(19)4-8-5-22-12(14-8)15-9(18)6-23-13-17-16-11(21-13)7-2-3-7/h5,7H,2-4,6H2,1H3,(H,14,15,18). The van der Waals surface area contributed by atoms with Gasteiger partial charge in [0.25, 0.3) is 5.22 Å². The van der Waals surface area contributed by atoms with Gasteiger partial charge in [0.05, 0.1) is 25.0 Å². The molecule has 0 spiro atoms. The van der Waals surface area contributed by atoms with Crippen LogP contribution in [0.2, 0.25) is 0 Å². The Hall–Kier alpha value is -1.94. The second-order valence-corrected chi connectivity index (χ2v) is 6.70. The molecule has 1 N–H and O–H groups in total. The lowest BCUT2D eigenvalue weighted by atomic mass is 10.3. The summed E-state index contributed by atoms with van der Waals surface area (Å²) in [7, 11) is 1.32. The van der Waals surface area contributed by atoms with Crippen molar-refractivity contribution in [1.82, 2.24) is 15.2 Å². The molecule has 0 unspecified atom stereocenters. The Bertz CT molecular complexity index is 710. The minimum absolute atomic E-state index is 0.0869. The average molecular weight is 354 g/mol. The van der Waals surface area contributed by atoms with Crippen molar-refractivity contribution in [2.45, 2.75) is 30.4 Å². The molecule has 10 heteroatoms. The highest BCUT2D eigenvalue weighted by atomic mass is 32.2. The number of rotatable bonds is 7. The van der Waals surface area contributed by atoms with Crippen molar-refractivity contribution in [2.24, 2.45) is 0 Å². The third-order valence-electron chi connectivity index (χ3n) is 3.03. The fraction of sp³-hybridized carbons (Fsp3) is 0.462. The first-order chi connectivity index (χ1) is 11.1. The number of carbonyl (C=O) groups excluding carboxylic acids is 2. The van der Waals surface area contributed by atoms with Crippen molar-refractivity contribution in [3.63, 3.8) is 0 Å². The Morgan fingerprint density at radius 2 is 2.30 bits per heavy atom. The minimum atomic E-state index is -0.369. The number of ether oxygens (including phenoxy) is 1. The largest absolute Gasteiger partial charge is 0.469 e. The van der Waals surface area contributed by atoms with Crippen LogP contribution in [-0.2, 0) is 20.7 Å². The van der Waals surface area contributed by atoms with Gasteiger partial charge in [0.2, 0.25) is 11.8 Å². The van der Waals surface area contributed by atoms with Crippen LogP contribution in [0.4, 0.5) is 5.13 Å². The van der Waals surface area contributed by atoms with Crippen LogP contribution >= 0.6 is 23.1 Å². The van der Waals surface area contributed by atoms with E-state index in [9.17, 15) is 9.59 Å². The quantitative estimate of drug-likeness (QED) is 0.593. The summed E-state index contributed by atoms with van der Waals surface area (Å²) < 4.78 is 10.0. The van der Waals surface area contributed by atoms with Crippen molar-refractivity contribution in [2.75, 3.05) is 18.2 Å². The molecule has 1 saturated carbocycles. The molecule has 2 aromatic heterocycles. The third kappa shape index (κ3) is 4.52. The van der Waals surface area contributed by atoms with E-state index < -0.39 is 0 Å². The normalized spacial score (nSPS) is 13.8. The van der Waals surface area contributed by atoms with Gasteiger partial charge in [0.1, 0.15) is 0 Å².